The number of aromatic nitrogens is 7. The van der Waals surface area contributed by atoms with E-state index in [9.17, 15) is 9.90 Å². The molecule has 0 saturated carbocycles. The number of hydrogen-bond donors (Lipinski definition) is 1. The van der Waals surface area contributed by atoms with Crippen LogP contribution in [0.1, 0.15) is 17.5 Å². The van der Waals surface area contributed by atoms with Gasteiger partial charge >= 0.3 is 5.97 Å². The number of aliphatic carboxylic acids is 1. The van der Waals surface area contributed by atoms with E-state index in [2.05, 4.69) is 55.7 Å². The first kappa shape index (κ1) is 34.6. The zero-order chi connectivity index (χ0) is 36.7. The number of hydrogen-bond acceptors (Lipinski definition) is 10. The van der Waals surface area contributed by atoms with Gasteiger partial charge in [-0.05, 0) is 45.3 Å². The Kier molecular flexibility index (Phi) is 10.3. The third-order valence-corrected chi connectivity index (χ3v) is 10.3. The van der Waals surface area contributed by atoms with E-state index in [0.717, 1.165) is 61.3 Å². The summed E-state index contributed by atoms with van der Waals surface area (Å²) < 4.78 is 3.41. The molecule has 8 rings (SSSR count). The van der Waals surface area contributed by atoms with Gasteiger partial charge in [0.15, 0.2) is 11.6 Å². The van der Waals surface area contributed by atoms with Crippen LogP contribution in [-0.2, 0) is 4.79 Å². The molecule has 11 nitrogen and oxygen atoms in total. The minimum Gasteiger partial charge on any atom is -0.481 e. The van der Waals surface area contributed by atoms with Crippen LogP contribution in [0.3, 0.4) is 0 Å². The molecule has 3 aromatic heterocycles. The molecule has 0 atom stereocenters. The molecule has 0 radical (unpaired) electrons. The van der Waals surface area contributed by atoms with E-state index in [-0.39, 0.29) is 5.75 Å². The highest BCUT2D eigenvalue weighted by molar-refractivity contribution is 7.99. The fourth-order valence-electron chi connectivity index (χ4n) is 6.02. The zero-order valence-corrected chi connectivity index (χ0v) is 30.3. The Hall–Kier alpha value is -6.44. The first-order valence-corrected chi connectivity index (χ1v) is 19.0. The van der Waals surface area contributed by atoms with Crippen LogP contribution in [0.4, 0.5) is 0 Å². The molecule has 264 valence electrons. The van der Waals surface area contributed by atoms with Gasteiger partial charge in [0.05, 0.1) is 17.7 Å². The maximum absolute atomic E-state index is 11.5. The summed E-state index contributed by atoms with van der Waals surface area (Å²) in [5.41, 5.74) is 4.28. The Morgan fingerprint density at radius 2 is 1.30 bits per heavy atom. The molecule has 0 bridgehead atoms. The molecule has 3 heterocycles. The van der Waals surface area contributed by atoms with Gasteiger partial charge in [0.25, 0.3) is 0 Å². The smallest absolute Gasteiger partial charge is 0.313 e. The topological polar surface area (TPSA) is 136 Å². The van der Waals surface area contributed by atoms with Gasteiger partial charge in [0.1, 0.15) is 0 Å². The van der Waals surface area contributed by atoms with Gasteiger partial charge in [-0.2, -0.15) is 19.6 Å². The van der Waals surface area contributed by atoms with E-state index in [1.807, 2.05) is 103 Å². The molecule has 13 heteroatoms. The highest BCUT2D eigenvalue weighted by Gasteiger charge is 2.19. The molecule has 5 aromatic carbocycles. The molecule has 0 amide bonds. The van der Waals surface area contributed by atoms with Crippen LogP contribution in [-0.4, -0.2) is 69.2 Å². The van der Waals surface area contributed by atoms with Crippen molar-refractivity contribution in [1.29, 1.82) is 0 Å². The van der Waals surface area contributed by atoms with Crippen molar-refractivity contribution in [1.82, 2.24) is 34.7 Å². The monoisotopic (exact) mass is 745 g/mol. The van der Waals surface area contributed by atoms with Gasteiger partial charge in [0, 0.05) is 41.3 Å². The number of rotatable bonds is 13. The maximum atomic E-state index is 11.5. The molecular formula is C41H31N9O2S2. The largest absolute Gasteiger partial charge is 0.481 e. The molecule has 8 aromatic rings. The summed E-state index contributed by atoms with van der Waals surface area (Å²) in [5.74, 6) is 0.529. The molecule has 0 spiro atoms. The normalized spacial score (nSPS) is 11.9. The lowest BCUT2D eigenvalue weighted by Gasteiger charge is -2.11. The van der Waals surface area contributed by atoms with Crippen molar-refractivity contribution in [2.45, 2.75) is 16.7 Å². The van der Waals surface area contributed by atoms with Crippen molar-refractivity contribution in [3.8, 4) is 22.8 Å². The van der Waals surface area contributed by atoms with Crippen molar-refractivity contribution in [3.05, 3.63) is 151 Å². The van der Waals surface area contributed by atoms with Gasteiger partial charge in [-0.25, -0.2) is 0 Å². The van der Waals surface area contributed by atoms with Gasteiger partial charge in [-0.1, -0.05) is 133 Å². The van der Waals surface area contributed by atoms with Crippen LogP contribution >= 0.6 is 23.5 Å². The number of pyridine rings is 1. The summed E-state index contributed by atoms with van der Waals surface area (Å²) in [6.45, 7) is 0. The first-order valence-electron chi connectivity index (χ1n) is 17.0. The summed E-state index contributed by atoms with van der Waals surface area (Å²) in [5, 5.41) is 42.9. The SMILES string of the molecule is O=C(O)CSc1nnc(-c2ccccc2)n1/N=C(\CCSc1nnc(-c2cccnc2)n1/N=C/c1c2ccccc2cc2ccccc12)c1ccccc1. The van der Waals surface area contributed by atoms with Crippen molar-refractivity contribution >= 4 is 63.0 Å². The summed E-state index contributed by atoms with van der Waals surface area (Å²) >= 11 is 2.58. The molecule has 0 fully saturated rings. The molecule has 0 aliphatic carbocycles. The van der Waals surface area contributed by atoms with Gasteiger partial charge in [-0.3, -0.25) is 9.78 Å². The van der Waals surface area contributed by atoms with Crippen molar-refractivity contribution in [2.24, 2.45) is 10.2 Å². The summed E-state index contributed by atoms with van der Waals surface area (Å²) in [6.07, 6.45) is 5.89. The highest BCUT2D eigenvalue weighted by Crippen LogP contribution is 2.30. The van der Waals surface area contributed by atoms with Crippen LogP contribution in [0.2, 0.25) is 0 Å². The van der Waals surface area contributed by atoms with E-state index in [0.29, 0.717) is 34.1 Å². The molecule has 0 aliphatic heterocycles. The Morgan fingerprint density at radius 3 is 1.96 bits per heavy atom. The lowest BCUT2D eigenvalue weighted by atomic mass is 9.97. The van der Waals surface area contributed by atoms with E-state index in [1.54, 1.807) is 21.7 Å². The van der Waals surface area contributed by atoms with Gasteiger partial charge < -0.3 is 5.11 Å². The van der Waals surface area contributed by atoms with Crippen LogP contribution in [0.25, 0.3) is 44.3 Å². The second-order valence-corrected chi connectivity index (χ2v) is 14.0. The fraction of sp³-hybridized carbons (Fsp3) is 0.0732. The number of carbonyl (C=O) groups is 1. The summed E-state index contributed by atoms with van der Waals surface area (Å²) in [4.78, 5) is 15.8. The van der Waals surface area contributed by atoms with E-state index >= 15 is 0 Å². The Labute approximate surface area is 318 Å². The first-order chi connectivity index (χ1) is 26.6. The molecule has 1 N–H and O–H groups in total. The zero-order valence-electron chi connectivity index (χ0n) is 28.7. The maximum Gasteiger partial charge on any atom is 0.313 e. The van der Waals surface area contributed by atoms with E-state index in [1.165, 1.54) is 11.8 Å². The third-order valence-electron chi connectivity index (χ3n) is 8.51. The molecule has 54 heavy (non-hydrogen) atoms. The van der Waals surface area contributed by atoms with Gasteiger partial charge in [0.2, 0.25) is 10.3 Å². The minimum atomic E-state index is -0.953. The minimum absolute atomic E-state index is 0.178. The standard InChI is InChI=1S/C41H31N9O2S2/c51-37(52)27-54-41-47-44-38(29-14-5-2-6-15-29)50(41)48-36(28-12-3-1-4-13-28)21-23-53-40-46-45-39(32-18-11-22-42-25-32)49(40)43-26-35-33-19-9-7-16-30(33)24-31-17-8-10-20-34(31)35/h1-20,22,24-26H,21,23,27H2,(H,51,52)/b43-26+,48-36+. The second-order valence-electron chi connectivity index (χ2n) is 12.0. The predicted molar refractivity (Wildman–Crippen MR) is 215 cm³/mol. The Morgan fingerprint density at radius 1 is 0.685 bits per heavy atom. The lowest BCUT2D eigenvalue weighted by molar-refractivity contribution is -0.133. The van der Waals surface area contributed by atoms with Gasteiger partial charge in [-0.15, -0.1) is 20.4 Å². The third kappa shape index (κ3) is 7.54. The van der Waals surface area contributed by atoms with E-state index < -0.39 is 5.97 Å². The van der Waals surface area contributed by atoms with E-state index in [4.69, 9.17) is 10.2 Å². The Balaban J connectivity index is 1.16. The van der Waals surface area contributed by atoms with Crippen LogP contribution in [0, 0.1) is 0 Å². The number of thioether (sulfide) groups is 2. The molecule has 0 saturated heterocycles. The Bertz CT molecular complexity index is 2570. The lowest BCUT2D eigenvalue weighted by Crippen LogP contribution is -2.09. The van der Waals surface area contributed by atoms with Crippen molar-refractivity contribution in [3.63, 3.8) is 0 Å². The number of carboxylic acids is 1. The average Bonchev–Trinajstić information content (AvgIpc) is 3.82. The highest BCUT2D eigenvalue weighted by atomic mass is 32.2. The average molecular weight is 746 g/mol. The second kappa shape index (κ2) is 16.1. The predicted octanol–water partition coefficient (Wildman–Crippen LogP) is 8.40. The quantitative estimate of drug-likeness (QED) is 0.0701. The molecule has 0 unspecified atom stereocenters. The number of fused-ring (bicyclic) bond motifs is 2. The van der Waals surface area contributed by atoms with Crippen LogP contribution < -0.4 is 0 Å². The van der Waals surface area contributed by atoms with Crippen LogP contribution in [0.15, 0.2) is 160 Å². The van der Waals surface area contributed by atoms with Crippen molar-refractivity contribution in [2.75, 3.05) is 11.5 Å². The number of carboxylic acid groups (broad SMARTS) is 1. The number of nitrogens with zero attached hydrogens (tertiary/aromatic N) is 9. The summed E-state index contributed by atoms with van der Waals surface area (Å²) in [7, 11) is 0. The summed E-state index contributed by atoms with van der Waals surface area (Å²) in [6, 6.07) is 42.1. The molecular weight excluding hydrogens is 715 g/mol. The number of benzene rings is 5. The van der Waals surface area contributed by atoms with Crippen molar-refractivity contribution < 1.29 is 9.90 Å². The fourth-order valence-corrected chi connectivity index (χ4v) is 7.45. The van der Waals surface area contributed by atoms with Crippen LogP contribution in [0.5, 0.6) is 0 Å². The molecule has 0 aliphatic rings.